The molecule has 2 spiro atoms. The third-order valence-corrected chi connectivity index (χ3v) is 12.6. The highest BCUT2D eigenvalue weighted by Gasteiger charge is 2.66. The number of likely N-dealkylation sites (N-methyl/N-ethyl adjacent to an activating group) is 2. The molecule has 6 atom stereocenters. The van der Waals surface area contributed by atoms with Crippen LogP contribution >= 0.6 is 0 Å². The highest BCUT2D eigenvalue weighted by atomic mass is 32.3. The molecule has 0 radical (unpaired) electrons. The summed E-state index contributed by atoms with van der Waals surface area (Å²) in [5.41, 5.74) is 0.158. The van der Waals surface area contributed by atoms with Crippen molar-refractivity contribution in [2.75, 3.05) is 66.5 Å². The summed E-state index contributed by atoms with van der Waals surface area (Å²) in [7, 11) is -1.27. The van der Waals surface area contributed by atoms with Crippen LogP contribution in [0.3, 0.4) is 0 Å². The number of nitrogens with zero attached hydrogens (tertiary/aromatic N) is 6. The van der Waals surface area contributed by atoms with Gasteiger partial charge in [0.2, 0.25) is 0 Å². The van der Waals surface area contributed by atoms with Gasteiger partial charge in [-0.3, -0.25) is 0 Å². The summed E-state index contributed by atoms with van der Waals surface area (Å²) in [6, 6.07) is -0.161. The monoisotopic (exact) mass is 764 g/mol. The van der Waals surface area contributed by atoms with E-state index in [0.717, 1.165) is 48.9 Å². The summed E-state index contributed by atoms with van der Waals surface area (Å²) < 4.78 is 49.0. The van der Waals surface area contributed by atoms with Crippen molar-refractivity contribution in [3.05, 3.63) is 35.0 Å². The van der Waals surface area contributed by atoms with Crippen molar-refractivity contribution in [2.45, 2.75) is 74.9 Å². The van der Waals surface area contributed by atoms with Crippen LogP contribution in [-0.4, -0.2) is 139 Å². The van der Waals surface area contributed by atoms with Crippen molar-refractivity contribution in [2.24, 2.45) is 10.8 Å². The maximum Gasteiger partial charge on any atom is 0.442 e. The fourth-order valence-electron chi connectivity index (χ4n) is 8.51. The van der Waals surface area contributed by atoms with E-state index < -0.39 is 58.8 Å². The van der Waals surface area contributed by atoms with Gasteiger partial charge >= 0.3 is 22.5 Å². The fraction of sp³-hybridized carbons (Fsp3) is 0.750. The Bertz CT molecular complexity index is 1660. The van der Waals surface area contributed by atoms with Crippen LogP contribution in [0, 0.1) is 10.8 Å². The average Bonchev–Trinajstić information content (AvgIpc) is 3.82. The molecule has 4 amide bonds. The van der Waals surface area contributed by atoms with Gasteiger partial charge in [-0.25, -0.2) is 9.59 Å². The van der Waals surface area contributed by atoms with Gasteiger partial charge in [-0.05, 0) is 63.5 Å². The number of carbonyl (C=O) groups excluding carboxylic acids is 2. The van der Waals surface area contributed by atoms with Crippen LogP contribution in [0.5, 0.6) is 0 Å². The van der Waals surface area contributed by atoms with Gasteiger partial charge in [0.25, 0.3) is 0 Å². The molecule has 4 bridgehead atoms. The number of hydrogen-bond donors (Lipinski definition) is 6. The summed E-state index contributed by atoms with van der Waals surface area (Å²) in [5, 5.41) is 43.6. The minimum atomic E-state index is -4.94. The van der Waals surface area contributed by atoms with Gasteiger partial charge in [-0.1, -0.05) is 10.3 Å². The molecule has 2 unspecified atom stereocenters. The van der Waals surface area contributed by atoms with Gasteiger partial charge in [-0.2, -0.15) is 18.5 Å². The Morgan fingerprint density at radius 2 is 1.19 bits per heavy atom. The Morgan fingerprint density at radius 3 is 1.57 bits per heavy atom. The summed E-state index contributed by atoms with van der Waals surface area (Å²) in [6.07, 6.45) is 2.21. The van der Waals surface area contributed by atoms with E-state index in [1.807, 2.05) is 14.1 Å². The standard InChI is InChI=1S/C32H48N10O10S/c1-33-7-9-35-15-23(43)25-11-19(37-49-25)21-13-31(3-4-31)27-17-39(21)29(45)41(27)51-53(47,48)52-42-28-18-40(30(42)46)22(14-32(28)5-6-32)20-12-26(50-38-20)24(44)16-36-10-8-34-2/h11-12,21-24,27-28,33-36,43-44H,3-10,13-18H2,1-2H3/t21-,22-,23?,24?,27-,28-/m0/s1. The predicted molar refractivity (Wildman–Crippen MR) is 181 cm³/mol. The molecule has 6 aliphatic rings. The number of urea groups is 2. The Balaban J connectivity index is 0.931. The molecule has 4 saturated heterocycles. The zero-order chi connectivity index (χ0) is 37.1. The van der Waals surface area contributed by atoms with E-state index in [4.69, 9.17) is 17.6 Å². The Labute approximate surface area is 306 Å². The van der Waals surface area contributed by atoms with Gasteiger partial charge in [0.1, 0.15) is 23.6 Å². The first-order valence-corrected chi connectivity index (χ1v) is 19.6. The Morgan fingerprint density at radius 1 is 0.774 bits per heavy atom. The Hall–Kier alpha value is -3.41. The minimum Gasteiger partial charge on any atom is -0.384 e. The molecule has 21 heteroatoms. The van der Waals surface area contributed by atoms with Crippen LogP contribution in [0.15, 0.2) is 21.2 Å². The summed E-state index contributed by atoms with van der Waals surface area (Å²) in [4.78, 5) is 30.6. The van der Waals surface area contributed by atoms with E-state index in [0.29, 0.717) is 37.3 Å². The zero-order valence-corrected chi connectivity index (χ0v) is 30.6. The third-order valence-electron chi connectivity index (χ3n) is 11.9. The van der Waals surface area contributed by atoms with Crippen LogP contribution in [-0.2, 0) is 19.0 Å². The summed E-state index contributed by atoms with van der Waals surface area (Å²) in [5.74, 6) is 0.530. The second-order valence-corrected chi connectivity index (χ2v) is 16.3. The number of aromatic nitrogens is 2. The van der Waals surface area contributed by atoms with Crippen molar-refractivity contribution in [1.82, 2.24) is 51.5 Å². The average molecular weight is 765 g/mol. The van der Waals surface area contributed by atoms with E-state index in [2.05, 4.69) is 31.6 Å². The predicted octanol–water partition coefficient (Wildman–Crippen LogP) is -0.182. The molecule has 6 fully saturated rings. The molecule has 2 aromatic rings. The SMILES string of the molecule is CNCCNCC(O)c1cc([C@@H]2CC3(CC3)[C@@H]3CN2C(=O)N3OS(=O)(=O)ON2C(=O)N3C[C@H]2C2(CC2)C[C@H]3c2cc(C(O)CNCCNC)on2)no1. The molecule has 20 nitrogen and oxygen atoms in total. The molecule has 4 aliphatic heterocycles. The van der Waals surface area contributed by atoms with Gasteiger partial charge in [0.05, 0.1) is 24.2 Å². The van der Waals surface area contributed by atoms with Crippen molar-refractivity contribution >= 4 is 22.5 Å². The van der Waals surface area contributed by atoms with Gasteiger partial charge in [0.15, 0.2) is 11.5 Å². The molecule has 2 aromatic heterocycles. The molecule has 53 heavy (non-hydrogen) atoms. The number of carbonyl (C=O) groups is 2. The van der Waals surface area contributed by atoms with E-state index in [-0.39, 0.29) is 48.5 Å². The van der Waals surface area contributed by atoms with Crippen molar-refractivity contribution in [3.63, 3.8) is 0 Å². The molecule has 2 aliphatic carbocycles. The lowest BCUT2D eigenvalue weighted by Gasteiger charge is -2.36. The van der Waals surface area contributed by atoms with E-state index >= 15 is 0 Å². The minimum absolute atomic E-state index is 0.208. The number of aliphatic hydroxyl groups is 2. The van der Waals surface area contributed by atoms with Crippen LogP contribution < -0.4 is 21.3 Å². The molecular weight excluding hydrogens is 716 g/mol. The van der Waals surface area contributed by atoms with E-state index in [1.54, 1.807) is 12.1 Å². The molecular formula is C32H48N10O10S. The first-order chi connectivity index (χ1) is 25.5. The second-order valence-electron chi connectivity index (χ2n) is 15.2. The number of piperidine rings is 2. The topological polar surface area (TPSA) is 240 Å². The number of amides is 4. The highest BCUT2D eigenvalue weighted by molar-refractivity contribution is 7.81. The highest BCUT2D eigenvalue weighted by Crippen LogP contribution is 2.63. The number of hydroxylamine groups is 4. The molecule has 292 valence electrons. The molecule has 0 aromatic carbocycles. The quantitative estimate of drug-likeness (QED) is 0.108. The van der Waals surface area contributed by atoms with Gasteiger partial charge < -0.3 is 50.3 Å². The van der Waals surface area contributed by atoms with Crippen molar-refractivity contribution in [3.8, 4) is 0 Å². The van der Waals surface area contributed by atoms with Crippen LogP contribution in [0.2, 0.25) is 0 Å². The maximum absolute atomic E-state index is 13.8. The number of rotatable bonds is 18. The fourth-order valence-corrected chi connectivity index (χ4v) is 9.26. The zero-order valence-electron chi connectivity index (χ0n) is 29.8. The largest absolute Gasteiger partial charge is 0.442 e. The molecule has 2 saturated carbocycles. The first-order valence-electron chi connectivity index (χ1n) is 18.3. The first kappa shape index (κ1) is 36.6. The molecule has 6 heterocycles. The van der Waals surface area contributed by atoms with Crippen molar-refractivity contribution < 1.29 is 45.8 Å². The lowest BCUT2D eigenvalue weighted by atomic mass is 9.84. The van der Waals surface area contributed by atoms with Gasteiger partial charge in [-0.15, -0.1) is 8.57 Å². The van der Waals surface area contributed by atoms with E-state index in [1.165, 1.54) is 9.80 Å². The van der Waals surface area contributed by atoms with Crippen LogP contribution in [0.4, 0.5) is 9.59 Å². The normalized spacial score (nSPS) is 27.8. The molecule has 6 N–H and O–H groups in total. The summed E-state index contributed by atoms with van der Waals surface area (Å²) in [6.45, 7) is 3.72. The number of nitrogens with one attached hydrogen (secondary N) is 4. The molecule has 8 rings (SSSR count). The van der Waals surface area contributed by atoms with E-state index in [9.17, 15) is 28.2 Å². The van der Waals surface area contributed by atoms with Crippen LogP contribution in [0.25, 0.3) is 0 Å². The number of aliphatic hydroxyl groups excluding tert-OH is 2. The third kappa shape index (κ3) is 6.79. The number of hydrogen-bond acceptors (Lipinski definition) is 16. The number of fused-ring (bicyclic) bond motifs is 6. The summed E-state index contributed by atoms with van der Waals surface area (Å²) >= 11 is 0. The lowest BCUT2D eigenvalue weighted by Crippen LogP contribution is -2.45. The Kier molecular flexibility index (Phi) is 9.67. The van der Waals surface area contributed by atoms with Crippen LogP contribution in [0.1, 0.15) is 85.7 Å². The van der Waals surface area contributed by atoms with Gasteiger partial charge in [0, 0.05) is 64.5 Å². The maximum atomic E-state index is 13.8. The van der Waals surface area contributed by atoms with Crippen molar-refractivity contribution in [1.29, 1.82) is 0 Å². The smallest absolute Gasteiger partial charge is 0.384 e. The lowest BCUT2D eigenvalue weighted by molar-refractivity contribution is -0.101. The second kappa shape index (κ2) is 14.0.